The monoisotopic (exact) mass is 417 g/mol. The van der Waals surface area contributed by atoms with E-state index in [1.54, 1.807) is 31.3 Å². The van der Waals surface area contributed by atoms with Crippen LogP contribution in [0.3, 0.4) is 0 Å². The number of sulfone groups is 1. The second-order valence-corrected chi connectivity index (χ2v) is 8.35. The Morgan fingerprint density at radius 1 is 1.10 bits per heavy atom. The SMILES string of the molecule is CC(=O)Nc1cc(-c2cnc(C)c(CS(=O)(=O)c3cccc(F)c3F)c2)ccn1. The second kappa shape index (κ2) is 8.04. The number of nitrogens with zero attached hydrogens (tertiary/aromatic N) is 2. The number of carbonyl (C=O) groups excluding carboxylic acids is 1. The number of pyridine rings is 2. The van der Waals surface area contributed by atoms with Gasteiger partial charge >= 0.3 is 0 Å². The van der Waals surface area contributed by atoms with Gasteiger partial charge in [0.05, 0.1) is 5.75 Å². The summed E-state index contributed by atoms with van der Waals surface area (Å²) in [5.41, 5.74) is 2.05. The molecule has 0 aliphatic heterocycles. The lowest BCUT2D eigenvalue weighted by Crippen LogP contribution is -2.10. The van der Waals surface area contributed by atoms with E-state index in [1.807, 2.05) is 0 Å². The minimum Gasteiger partial charge on any atom is -0.311 e. The maximum absolute atomic E-state index is 14.0. The van der Waals surface area contributed by atoms with Gasteiger partial charge in [-0.1, -0.05) is 6.07 Å². The zero-order valence-corrected chi connectivity index (χ0v) is 16.4. The van der Waals surface area contributed by atoms with E-state index < -0.39 is 32.1 Å². The standard InChI is InChI=1S/C20H17F2N3O3S/c1-12-16(11-29(27,28)18-5-3-4-17(21)20(18)22)8-15(10-24-12)14-6-7-23-19(9-14)25-13(2)26/h3-10H,11H2,1-2H3,(H,23,25,26). The predicted molar refractivity (Wildman–Crippen MR) is 104 cm³/mol. The van der Waals surface area contributed by atoms with Crippen LogP contribution < -0.4 is 5.32 Å². The van der Waals surface area contributed by atoms with Gasteiger partial charge in [0.25, 0.3) is 0 Å². The molecule has 3 aromatic rings. The van der Waals surface area contributed by atoms with E-state index in [-0.39, 0.29) is 5.91 Å². The number of carbonyl (C=O) groups is 1. The molecule has 6 nitrogen and oxygen atoms in total. The van der Waals surface area contributed by atoms with Crippen LogP contribution >= 0.6 is 0 Å². The van der Waals surface area contributed by atoms with Crippen LogP contribution in [0.15, 0.2) is 53.7 Å². The van der Waals surface area contributed by atoms with Crippen LogP contribution in [-0.2, 0) is 20.4 Å². The number of benzene rings is 1. The van der Waals surface area contributed by atoms with Crippen molar-refractivity contribution in [3.8, 4) is 11.1 Å². The number of hydrogen-bond acceptors (Lipinski definition) is 5. The molecule has 0 fully saturated rings. The quantitative estimate of drug-likeness (QED) is 0.684. The molecule has 2 heterocycles. The minimum absolute atomic E-state index is 0.277. The first-order valence-electron chi connectivity index (χ1n) is 8.53. The molecule has 0 aliphatic carbocycles. The highest BCUT2D eigenvalue weighted by Gasteiger charge is 2.23. The van der Waals surface area contributed by atoms with E-state index in [0.717, 1.165) is 18.2 Å². The van der Waals surface area contributed by atoms with Crippen LogP contribution in [0.2, 0.25) is 0 Å². The second-order valence-electron chi connectivity index (χ2n) is 6.39. The molecular formula is C20H17F2N3O3S. The molecule has 0 aliphatic rings. The van der Waals surface area contributed by atoms with Crippen molar-refractivity contribution in [3.63, 3.8) is 0 Å². The highest BCUT2D eigenvalue weighted by Crippen LogP contribution is 2.26. The number of nitrogens with one attached hydrogen (secondary N) is 1. The van der Waals surface area contributed by atoms with Crippen LogP contribution in [0.1, 0.15) is 18.2 Å². The lowest BCUT2D eigenvalue weighted by molar-refractivity contribution is -0.114. The van der Waals surface area contributed by atoms with Gasteiger partial charge in [-0.3, -0.25) is 9.78 Å². The molecule has 0 saturated heterocycles. The van der Waals surface area contributed by atoms with Crippen LogP contribution in [0.5, 0.6) is 0 Å². The summed E-state index contributed by atoms with van der Waals surface area (Å²) >= 11 is 0. The molecule has 29 heavy (non-hydrogen) atoms. The largest absolute Gasteiger partial charge is 0.311 e. The van der Waals surface area contributed by atoms with Gasteiger partial charge < -0.3 is 5.32 Å². The minimum atomic E-state index is -4.14. The average molecular weight is 417 g/mol. The molecule has 150 valence electrons. The Kier molecular flexibility index (Phi) is 5.69. The fourth-order valence-corrected chi connectivity index (χ4v) is 4.26. The van der Waals surface area contributed by atoms with Gasteiger partial charge in [-0.05, 0) is 48.4 Å². The first kappa shape index (κ1) is 20.5. The lowest BCUT2D eigenvalue weighted by atomic mass is 10.1. The summed E-state index contributed by atoms with van der Waals surface area (Å²) in [5, 5.41) is 2.57. The number of halogens is 2. The zero-order chi connectivity index (χ0) is 21.2. The summed E-state index contributed by atoms with van der Waals surface area (Å²) in [5.74, 6) is -3.10. The molecule has 1 N–H and O–H groups in total. The van der Waals surface area contributed by atoms with Crippen molar-refractivity contribution in [2.24, 2.45) is 0 Å². The summed E-state index contributed by atoms with van der Waals surface area (Å²) in [6, 6.07) is 7.96. The van der Waals surface area contributed by atoms with Crippen molar-refractivity contribution in [1.82, 2.24) is 9.97 Å². The number of rotatable bonds is 5. The average Bonchev–Trinajstić information content (AvgIpc) is 2.65. The lowest BCUT2D eigenvalue weighted by Gasteiger charge is -2.11. The zero-order valence-electron chi connectivity index (χ0n) is 15.6. The van der Waals surface area contributed by atoms with Crippen LogP contribution in [0.25, 0.3) is 11.1 Å². The third-order valence-corrected chi connectivity index (χ3v) is 5.86. The number of amides is 1. The molecule has 0 unspecified atom stereocenters. The molecule has 0 spiro atoms. The first-order valence-corrected chi connectivity index (χ1v) is 10.2. The molecule has 3 rings (SSSR count). The Hall–Kier alpha value is -3.20. The maximum Gasteiger partial charge on any atom is 0.222 e. The summed E-state index contributed by atoms with van der Waals surface area (Å²) in [7, 11) is -4.14. The first-order chi connectivity index (χ1) is 13.7. The number of anilines is 1. The van der Waals surface area contributed by atoms with Crippen LogP contribution in [-0.4, -0.2) is 24.3 Å². The van der Waals surface area contributed by atoms with Gasteiger partial charge in [0.1, 0.15) is 10.7 Å². The van der Waals surface area contributed by atoms with Crippen molar-refractivity contribution < 1.29 is 22.0 Å². The molecular weight excluding hydrogens is 400 g/mol. The Morgan fingerprint density at radius 2 is 1.86 bits per heavy atom. The third kappa shape index (κ3) is 4.62. The highest BCUT2D eigenvalue weighted by molar-refractivity contribution is 7.90. The number of aryl methyl sites for hydroxylation is 1. The molecule has 1 aromatic carbocycles. The fourth-order valence-electron chi connectivity index (χ4n) is 2.75. The highest BCUT2D eigenvalue weighted by atomic mass is 32.2. The van der Waals surface area contributed by atoms with Crippen molar-refractivity contribution in [2.45, 2.75) is 24.5 Å². The van der Waals surface area contributed by atoms with E-state index >= 15 is 0 Å². The smallest absolute Gasteiger partial charge is 0.222 e. The van der Waals surface area contributed by atoms with E-state index in [0.29, 0.717) is 28.2 Å². The number of aromatic nitrogens is 2. The van der Waals surface area contributed by atoms with Gasteiger partial charge in [0.15, 0.2) is 21.5 Å². The maximum atomic E-state index is 14.0. The van der Waals surface area contributed by atoms with Gasteiger partial charge in [-0.15, -0.1) is 0 Å². The summed E-state index contributed by atoms with van der Waals surface area (Å²) < 4.78 is 52.8. The topological polar surface area (TPSA) is 89.0 Å². The Labute approximate surface area is 166 Å². The Balaban J connectivity index is 1.98. The van der Waals surface area contributed by atoms with Crippen molar-refractivity contribution >= 4 is 21.6 Å². The molecule has 2 aromatic heterocycles. The summed E-state index contributed by atoms with van der Waals surface area (Å²) in [6.07, 6.45) is 3.06. The van der Waals surface area contributed by atoms with Crippen molar-refractivity contribution in [2.75, 3.05) is 5.32 Å². The van der Waals surface area contributed by atoms with E-state index in [9.17, 15) is 22.0 Å². The third-order valence-electron chi connectivity index (χ3n) is 4.19. The molecule has 0 radical (unpaired) electrons. The van der Waals surface area contributed by atoms with E-state index in [1.165, 1.54) is 13.1 Å². The molecule has 1 amide bonds. The summed E-state index contributed by atoms with van der Waals surface area (Å²) in [4.78, 5) is 18.8. The van der Waals surface area contributed by atoms with Crippen LogP contribution in [0.4, 0.5) is 14.6 Å². The molecule has 0 atom stereocenters. The van der Waals surface area contributed by atoms with Gasteiger partial charge in [0, 0.05) is 30.6 Å². The van der Waals surface area contributed by atoms with E-state index in [4.69, 9.17) is 0 Å². The van der Waals surface area contributed by atoms with Gasteiger partial charge in [-0.2, -0.15) is 0 Å². The van der Waals surface area contributed by atoms with Gasteiger partial charge in [-0.25, -0.2) is 22.2 Å². The molecule has 0 saturated carbocycles. The normalized spacial score (nSPS) is 11.3. The fraction of sp³-hybridized carbons (Fsp3) is 0.150. The Bertz CT molecular complexity index is 1200. The van der Waals surface area contributed by atoms with Gasteiger partial charge in [0.2, 0.25) is 5.91 Å². The molecule has 9 heteroatoms. The van der Waals surface area contributed by atoms with Crippen LogP contribution in [0, 0.1) is 18.6 Å². The Morgan fingerprint density at radius 3 is 2.59 bits per heavy atom. The number of hydrogen-bond donors (Lipinski definition) is 1. The molecule has 0 bridgehead atoms. The summed E-state index contributed by atoms with van der Waals surface area (Å²) in [6.45, 7) is 2.99. The van der Waals surface area contributed by atoms with Crippen molar-refractivity contribution in [1.29, 1.82) is 0 Å². The predicted octanol–water partition coefficient (Wildman–Crippen LogP) is 3.66. The van der Waals surface area contributed by atoms with E-state index in [2.05, 4.69) is 15.3 Å². The van der Waals surface area contributed by atoms with Crippen molar-refractivity contribution in [3.05, 3.63) is 71.7 Å².